The molecule has 2 atom stereocenters. The standard InChI is InChI=1S/C20H20FN3O5S/c1-20(12-4-7-14(29-2)8-5-12)18(26)24(19(27)23-20)11-17(25)22-13-6-9-16(30(3)28)15(21)10-13/h4-10H,11H2,1-3H3,(H,22,25)(H,23,27)/t20-,30+/m1/s1. The van der Waals surface area contributed by atoms with Gasteiger partial charge >= 0.3 is 6.03 Å². The van der Waals surface area contributed by atoms with Crippen LogP contribution in [-0.4, -0.2) is 46.9 Å². The largest absolute Gasteiger partial charge is 0.497 e. The maximum absolute atomic E-state index is 13.9. The molecule has 2 aromatic carbocycles. The van der Waals surface area contributed by atoms with Crippen molar-refractivity contribution in [3.8, 4) is 5.75 Å². The van der Waals surface area contributed by atoms with Crippen molar-refractivity contribution in [1.29, 1.82) is 0 Å². The molecule has 1 heterocycles. The maximum atomic E-state index is 13.9. The summed E-state index contributed by atoms with van der Waals surface area (Å²) >= 11 is 0. The lowest BCUT2D eigenvalue weighted by molar-refractivity contribution is -0.133. The van der Waals surface area contributed by atoms with Crippen LogP contribution in [0.1, 0.15) is 12.5 Å². The number of nitrogens with one attached hydrogen (secondary N) is 2. The Morgan fingerprint density at radius 1 is 1.23 bits per heavy atom. The first-order chi connectivity index (χ1) is 14.2. The summed E-state index contributed by atoms with van der Waals surface area (Å²) < 4.78 is 30.4. The lowest BCUT2D eigenvalue weighted by atomic mass is 9.92. The SMILES string of the molecule is COc1ccc([C@@]2(C)NC(=O)N(CC(=O)Nc3ccc([S@](C)=O)c(F)c3)C2=O)cc1. The van der Waals surface area contributed by atoms with Crippen molar-refractivity contribution >= 4 is 34.3 Å². The number of anilines is 1. The number of amides is 4. The molecule has 0 aliphatic carbocycles. The summed E-state index contributed by atoms with van der Waals surface area (Å²) in [4.78, 5) is 38.4. The van der Waals surface area contributed by atoms with Crippen LogP contribution in [0.15, 0.2) is 47.4 Å². The molecule has 158 valence electrons. The van der Waals surface area contributed by atoms with Crippen LogP contribution in [0.25, 0.3) is 0 Å². The molecule has 0 saturated carbocycles. The number of imide groups is 1. The Morgan fingerprint density at radius 3 is 2.47 bits per heavy atom. The second kappa shape index (κ2) is 8.23. The van der Waals surface area contributed by atoms with Gasteiger partial charge in [0, 0.05) is 11.9 Å². The molecule has 1 aliphatic heterocycles. The van der Waals surface area contributed by atoms with Gasteiger partial charge in [0.2, 0.25) is 5.91 Å². The number of carbonyl (C=O) groups is 3. The first-order valence-electron chi connectivity index (χ1n) is 8.87. The number of halogens is 1. The van der Waals surface area contributed by atoms with Gasteiger partial charge in [-0.2, -0.15) is 0 Å². The summed E-state index contributed by atoms with van der Waals surface area (Å²) in [6, 6.07) is 9.65. The van der Waals surface area contributed by atoms with Gasteiger partial charge in [-0.1, -0.05) is 12.1 Å². The van der Waals surface area contributed by atoms with E-state index in [1.807, 2.05) is 0 Å². The van der Waals surface area contributed by atoms with E-state index in [9.17, 15) is 23.0 Å². The number of nitrogens with zero attached hydrogens (tertiary/aromatic N) is 1. The topological polar surface area (TPSA) is 105 Å². The Morgan fingerprint density at radius 2 is 1.90 bits per heavy atom. The lowest BCUT2D eigenvalue weighted by Crippen LogP contribution is -2.42. The normalized spacial score (nSPS) is 19.4. The fourth-order valence-corrected chi connectivity index (χ4v) is 3.71. The van der Waals surface area contributed by atoms with E-state index in [2.05, 4.69) is 10.6 Å². The van der Waals surface area contributed by atoms with Crippen LogP contribution in [0.2, 0.25) is 0 Å². The van der Waals surface area contributed by atoms with Gasteiger partial charge in [0.05, 0.1) is 22.8 Å². The lowest BCUT2D eigenvalue weighted by Gasteiger charge is -2.22. The highest BCUT2D eigenvalue weighted by atomic mass is 32.2. The zero-order chi connectivity index (χ0) is 22.1. The van der Waals surface area contributed by atoms with E-state index in [0.717, 1.165) is 11.0 Å². The molecule has 30 heavy (non-hydrogen) atoms. The van der Waals surface area contributed by atoms with E-state index < -0.39 is 46.5 Å². The van der Waals surface area contributed by atoms with Crippen molar-refractivity contribution in [2.45, 2.75) is 17.4 Å². The first-order valence-corrected chi connectivity index (χ1v) is 10.4. The Bertz CT molecular complexity index is 1040. The van der Waals surface area contributed by atoms with Gasteiger partial charge in [-0.25, -0.2) is 9.18 Å². The molecular weight excluding hydrogens is 413 g/mol. The molecule has 2 N–H and O–H groups in total. The minimum Gasteiger partial charge on any atom is -0.497 e. The number of benzene rings is 2. The Kier molecular flexibility index (Phi) is 5.88. The Balaban J connectivity index is 1.72. The van der Waals surface area contributed by atoms with E-state index in [-0.39, 0.29) is 10.6 Å². The minimum absolute atomic E-state index is 0.0114. The average molecular weight is 433 g/mol. The van der Waals surface area contributed by atoms with Crippen molar-refractivity contribution in [2.24, 2.45) is 0 Å². The van der Waals surface area contributed by atoms with E-state index in [1.165, 1.54) is 25.5 Å². The molecule has 0 unspecified atom stereocenters. The molecule has 0 radical (unpaired) electrons. The zero-order valence-electron chi connectivity index (χ0n) is 16.5. The molecule has 1 fully saturated rings. The second-order valence-electron chi connectivity index (χ2n) is 6.82. The third-order valence-electron chi connectivity index (χ3n) is 4.77. The van der Waals surface area contributed by atoms with Crippen LogP contribution in [0, 0.1) is 5.82 Å². The number of ether oxygens (including phenoxy) is 1. The summed E-state index contributed by atoms with van der Waals surface area (Å²) in [6.07, 6.45) is 1.34. The number of methoxy groups -OCH3 is 1. The van der Waals surface area contributed by atoms with E-state index in [4.69, 9.17) is 4.74 Å². The van der Waals surface area contributed by atoms with E-state index in [1.54, 1.807) is 31.2 Å². The summed E-state index contributed by atoms with van der Waals surface area (Å²) in [5.41, 5.74) is -0.672. The highest BCUT2D eigenvalue weighted by Crippen LogP contribution is 2.30. The minimum atomic E-state index is -1.51. The Hall–Kier alpha value is -3.27. The van der Waals surface area contributed by atoms with Gasteiger partial charge in [-0.3, -0.25) is 18.7 Å². The molecule has 3 rings (SSSR count). The molecule has 0 spiro atoms. The van der Waals surface area contributed by atoms with Crippen LogP contribution < -0.4 is 15.4 Å². The van der Waals surface area contributed by atoms with Crippen LogP contribution >= 0.6 is 0 Å². The van der Waals surface area contributed by atoms with Gasteiger partial charge in [0.15, 0.2) is 0 Å². The Labute approximate surface area is 174 Å². The molecule has 4 amide bonds. The highest BCUT2D eigenvalue weighted by Gasteiger charge is 2.49. The quantitative estimate of drug-likeness (QED) is 0.678. The number of hydrogen-bond acceptors (Lipinski definition) is 5. The molecule has 1 aliphatic rings. The molecule has 0 aromatic heterocycles. The van der Waals surface area contributed by atoms with Crippen molar-refractivity contribution in [3.05, 3.63) is 53.8 Å². The summed E-state index contributed by atoms with van der Waals surface area (Å²) in [7, 11) is 0.00918. The second-order valence-corrected chi connectivity index (χ2v) is 8.17. The fraction of sp³-hybridized carbons (Fsp3) is 0.250. The van der Waals surface area contributed by atoms with Gasteiger partial charge in [-0.05, 0) is 42.8 Å². The number of carbonyl (C=O) groups excluding carboxylic acids is 3. The van der Waals surface area contributed by atoms with Crippen molar-refractivity contribution in [1.82, 2.24) is 10.2 Å². The zero-order valence-corrected chi connectivity index (χ0v) is 17.3. The molecule has 10 heteroatoms. The molecule has 2 aromatic rings. The third-order valence-corrected chi connectivity index (χ3v) is 5.72. The van der Waals surface area contributed by atoms with Crippen molar-refractivity contribution < 1.29 is 27.7 Å². The number of rotatable bonds is 6. The van der Waals surface area contributed by atoms with E-state index in [0.29, 0.717) is 11.3 Å². The first kappa shape index (κ1) is 21.4. The fourth-order valence-electron chi connectivity index (χ4n) is 3.12. The van der Waals surface area contributed by atoms with Crippen LogP contribution in [0.4, 0.5) is 14.9 Å². The van der Waals surface area contributed by atoms with Crippen molar-refractivity contribution in [2.75, 3.05) is 25.2 Å². The number of hydrogen-bond donors (Lipinski definition) is 2. The third kappa shape index (κ3) is 4.04. The summed E-state index contributed by atoms with van der Waals surface area (Å²) in [5, 5.41) is 5.04. The van der Waals surface area contributed by atoms with Gasteiger partial charge in [0.1, 0.15) is 23.7 Å². The smallest absolute Gasteiger partial charge is 0.325 e. The average Bonchev–Trinajstić information content (AvgIpc) is 2.91. The van der Waals surface area contributed by atoms with Gasteiger partial charge in [0.25, 0.3) is 5.91 Å². The van der Waals surface area contributed by atoms with Crippen LogP contribution in [0.3, 0.4) is 0 Å². The van der Waals surface area contributed by atoms with Crippen LogP contribution in [0.5, 0.6) is 5.75 Å². The highest BCUT2D eigenvalue weighted by molar-refractivity contribution is 7.84. The molecule has 0 bridgehead atoms. The molecule has 8 nitrogen and oxygen atoms in total. The maximum Gasteiger partial charge on any atom is 0.325 e. The predicted molar refractivity (Wildman–Crippen MR) is 108 cm³/mol. The molecule has 1 saturated heterocycles. The summed E-state index contributed by atoms with van der Waals surface area (Å²) in [5.74, 6) is -1.39. The van der Waals surface area contributed by atoms with Crippen LogP contribution in [-0.2, 0) is 25.9 Å². The van der Waals surface area contributed by atoms with Crippen molar-refractivity contribution in [3.63, 3.8) is 0 Å². The summed E-state index contributed by atoms with van der Waals surface area (Å²) in [6.45, 7) is 1.01. The monoisotopic (exact) mass is 433 g/mol. The molecular formula is C20H20FN3O5S. The van der Waals surface area contributed by atoms with E-state index >= 15 is 0 Å². The number of urea groups is 1. The van der Waals surface area contributed by atoms with Gasteiger partial charge in [-0.15, -0.1) is 0 Å². The van der Waals surface area contributed by atoms with Gasteiger partial charge < -0.3 is 15.4 Å². The predicted octanol–water partition coefficient (Wildman–Crippen LogP) is 1.98.